The molecule has 1 unspecified atom stereocenters. The lowest BCUT2D eigenvalue weighted by Gasteiger charge is -2.37. The van der Waals surface area contributed by atoms with Crippen molar-refractivity contribution in [2.45, 2.75) is 32.1 Å². The molecule has 2 bridgehead atoms. The highest BCUT2D eigenvalue weighted by Gasteiger charge is 2.42. The van der Waals surface area contributed by atoms with E-state index in [-0.39, 0.29) is 36.2 Å². The molecule has 2 aliphatic carbocycles. The maximum Gasteiger partial charge on any atom is 0.309 e. The van der Waals surface area contributed by atoms with Gasteiger partial charge >= 0.3 is 5.97 Å². The number of amides is 1. The summed E-state index contributed by atoms with van der Waals surface area (Å²) < 4.78 is 10.6. The summed E-state index contributed by atoms with van der Waals surface area (Å²) >= 11 is 0. The second-order valence-corrected chi connectivity index (χ2v) is 8.57. The van der Waals surface area contributed by atoms with Crippen LogP contribution in [0.2, 0.25) is 0 Å². The first-order valence-electron chi connectivity index (χ1n) is 10.9. The summed E-state index contributed by atoms with van der Waals surface area (Å²) in [5.41, 5.74) is 1.10. The summed E-state index contributed by atoms with van der Waals surface area (Å²) in [6.45, 7) is 2.47. The predicted molar refractivity (Wildman–Crippen MR) is 111 cm³/mol. The number of fused-ring (bicyclic) bond motifs is 2. The monoisotopic (exact) mass is 414 g/mol. The van der Waals surface area contributed by atoms with E-state index in [2.05, 4.69) is 4.90 Å². The number of carbonyl (C=O) groups is 3. The summed E-state index contributed by atoms with van der Waals surface area (Å²) in [6.07, 6.45) is 4.02. The van der Waals surface area contributed by atoms with Crippen molar-refractivity contribution in [3.05, 3.63) is 24.3 Å². The van der Waals surface area contributed by atoms with Gasteiger partial charge in [-0.3, -0.25) is 14.4 Å². The Labute approximate surface area is 177 Å². The van der Waals surface area contributed by atoms with Crippen LogP contribution in [0.3, 0.4) is 0 Å². The zero-order valence-electron chi connectivity index (χ0n) is 17.5. The standard InChI is InChI=1S/C23H30N2O5/c1-29-20-7-5-19(6-8-20)24-9-11-25(12-10-24)21(26)15-30-23(28)18-13-16-3-2-4-17(14-18)22(16)27/h5-8,16-18H,2-4,9-15H2,1H3/t16-,17+,18?. The third-order valence-corrected chi connectivity index (χ3v) is 6.79. The van der Waals surface area contributed by atoms with Crippen LogP contribution in [-0.2, 0) is 19.1 Å². The van der Waals surface area contributed by atoms with Gasteiger partial charge in [-0.15, -0.1) is 0 Å². The Morgan fingerprint density at radius 3 is 2.23 bits per heavy atom. The number of ether oxygens (including phenoxy) is 2. The molecule has 162 valence electrons. The van der Waals surface area contributed by atoms with Crippen LogP contribution in [0.4, 0.5) is 5.69 Å². The van der Waals surface area contributed by atoms with Gasteiger partial charge in [-0.05, 0) is 49.9 Å². The van der Waals surface area contributed by atoms with Crippen LogP contribution in [0.25, 0.3) is 0 Å². The van der Waals surface area contributed by atoms with Gasteiger partial charge in [0.25, 0.3) is 5.91 Å². The smallest absolute Gasteiger partial charge is 0.309 e. The van der Waals surface area contributed by atoms with Gasteiger partial charge in [0.1, 0.15) is 11.5 Å². The number of benzene rings is 1. The summed E-state index contributed by atoms with van der Waals surface area (Å²) in [7, 11) is 1.64. The lowest BCUT2D eigenvalue weighted by molar-refractivity contribution is -0.159. The topological polar surface area (TPSA) is 76.2 Å². The van der Waals surface area contributed by atoms with Crippen molar-refractivity contribution in [2.75, 3.05) is 44.8 Å². The van der Waals surface area contributed by atoms with Gasteiger partial charge in [0.15, 0.2) is 6.61 Å². The average molecular weight is 415 g/mol. The first-order valence-corrected chi connectivity index (χ1v) is 10.9. The van der Waals surface area contributed by atoms with Crippen molar-refractivity contribution in [1.82, 2.24) is 4.90 Å². The van der Waals surface area contributed by atoms with Crippen LogP contribution in [0, 0.1) is 17.8 Å². The zero-order chi connectivity index (χ0) is 21.1. The predicted octanol–water partition coefficient (Wildman–Crippen LogP) is 2.28. The van der Waals surface area contributed by atoms with Crippen molar-refractivity contribution in [1.29, 1.82) is 0 Å². The Kier molecular flexibility index (Phi) is 6.25. The van der Waals surface area contributed by atoms with Crippen LogP contribution < -0.4 is 9.64 Å². The fourth-order valence-corrected chi connectivity index (χ4v) is 5.02. The number of nitrogens with zero attached hydrogens (tertiary/aromatic N) is 2. The third-order valence-electron chi connectivity index (χ3n) is 6.79. The molecule has 1 heterocycles. The molecular weight excluding hydrogens is 384 g/mol. The maximum absolute atomic E-state index is 12.5. The number of ketones is 1. The molecule has 0 aromatic heterocycles. The Morgan fingerprint density at radius 2 is 1.63 bits per heavy atom. The van der Waals surface area contributed by atoms with E-state index >= 15 is 0 Å². The van der Waals surface area contributed by atoms with Crippen molar-refractivity contribution in [3.63, 3.8) is 0 Å². The van der Waals surface area contributed by atoms with Gasteiger partial charge in [-0.25, -0.2) is 0 Å². The molecule has 7 nitrogen and oxygen atoms in total. The number of rotatable bonds is 5. The van der Waals surface area contributed by atoms with E-state index in [0.717, 1.165) is 43.8 Å². The molecule has 3 fully saturated rings. The molecule has 1 aromatic carbocycles. The van der Waals surface area contributed by atoms with Gasteiger partial charge in [-0.1, -0.05) is 6.42 Å². The molecule has 4 rings (SSSR count). The second-order valence-electron chi connectivity index (χ2n) is 8.57. The van der Waals surface area contributed by atoms with Gasteiger partial charge in [0.2, 0.25) is 0 Å². The summed E-state index contributed by atoms with van der Waals surface area (Å²) in [5.74, 6) is 0.470. The van der Waals surface area contributed by atoms with E-state index in [4.69, 9.17) is 9.47 Å². The summed E-state index contributed by atoms with van der Waals surface area (Å²) in [5, 5.41) is 0. The zero-order valence-corrected chi connectivity index (χ0v) is 17.5. The molecule has 3 atom stereocenters. The molecule has 3 aliphatic rings. The lowest BCUT2D eigenvalue weighted by atomic mass is 9.67. The second kappa shape index (κ2) is 9.06. The largest absolute Gasteiger partial charge is 0.497 e. The maximum atomic E-state index is 12.5. The molecule has 1 aromatic rings. The number of carbonyl (C=O) groups excluding carboxylic acids is 3. The molecule has 1 saturated heterocycles. The summed E-state index contributed by atoms with van der Waals surface area (Å²) in [6, 6.07) is 7.89. The van der Waals surface area contributed by atoms with Gasteiger partial charge in [0, 0.05) is 43.7 Å². The Morgan fingerprint density at radius 1 is 1.00 bits per heavy atom. The van der Waals surface area contributed by atoms with E-state index in [1.807, 2.05) is 24.3 Å². The quantitative estimate of drug-likeness (QED) is 0.688. The lowest BCUT2D eigenvalue weighted by Crippen LogP contribution is -2.50. The minimum absolute atomic E-state index is 0.0109. The minimum Gasteiger partial charge on any atom is -0.497 e. The van der Waals surface area contributed by atoms with Crippen LogP contribution in [0.15, 0.2) is 24.3 Å². The Hall–Kier alpha value is -2.57. The molecule has 1 aliphatic heterocycles. The number of hydrogen-bond acceptors (Lipinski definition) is 6. The molecule has 1 amide bonds. The van der Waals surface area contributed by atoms with E-state index < -0.39 is 0 Å². The number of methoxy groups -OCH3 is 1. The Bertz CT molecular complexity index is 769. The number of esters is 1. The normalized spacial score (nSPS) is 26.3. The highest BCUT2D eigenvalue weighted by molar-refractivity contribution is 5.88. The van der Waals surface area contributed by atoms with E-state index in [1.165, 1.54) is 0 Å². The van der Waals surface area contributed by atoms with E-state index in [1.54, 1.807) is 12.0 Å². The fraction of sp³-hybridized carbons (Fsp3) is 0.609. The highest BCUT2D eigenvalue weighted by Crippen LogP contribution is 2.40. The third kappa shape index (κ3) is 4.45. The molecular formula is C23H30N2O5. The van der Waals surface area contributed by atoms with Crippen LogP contribution in [0.5, 0.6) is 5.75 Å². The first kappa shape index (κ1) is 20.7. The Balaban J connectivity index is 1.22. The van der Waals surface area contributed by atoms with Gasteiger partial charge < -0.3 is 19.3 Å². The van der Waals surface area contributed by atoms with Crippen LogP contribution in [-0.4, -0.2) is 62.5 Å². The number of piperazine rings is 1. The van der Waals surface area contributed by atoms with E-state index in [9.17, 15) is 14.4 Å². The first-order chi connectivity index (χ1) is 14.5. The van der Waals surface area contributed by atoms with Crippen molar-refractivity contribution >= 4 is 23.3 Å². The van der Waals surface area contributed by atoms with Crippen LogP contribution >= 0.6 is 0 Å². The number of Topliss-reactive ketones (excluding diaryl/α,β-unsaturated/α-hetero) is 1. The molecule has 0 radical (unpaired) electrons. The van der Waals surface area contributed by atoms with Crippen molar-refractivity contribution < 1.29 is 23.9 Å². The minimum atomic E-state index is -0.315. The number of hydrogen-bond donors (Lipinski definition) is 0. The van der Waals surface area contributed by atoms with Gasteiger partial charge in [-0.2, -0.15) is 0 Å². The van der Waals surface area contributed by atoms with Crippen molar-refractivity contribution in [3.8, 4) is 5.75 Å². The molecule has 0 N–H and O–H groups in total. The van der Waals surface area contributed by atoms with Crippen LogP contribution in [0.1, 0.15) is 32.1 Å². The SMILES string of the molecule is COc1ccc(N2CCN(C(=O)COC(=O)C3C[C@H]4CCC[C@@H](C3)C4=O)CC2)cc1. The average Bonchev–Trinajstić information content (AvgIpc) is 2.77. The summed E-state index contributed by atoms with van der Waals surface area (Å²) in [4.78, 5) is 41.2. The molecule has 7 heteroatoms. The number of anilines is 1. The van der Waals surface area contributed by atoms with Gasteiger partial charge in [0.05, 0.1) is 13.0 Å². The molecule has 2 saturated carbocycles. The molecule has 0 spiro atoms. The fourth-order valence-electron chi connectivity index (χ4n) is 5.02. The highest BCUT2D eigenvalue weighted by atomic mass is 16.5. The van der Waals surface area contributed by atoms with Crippen molar-refractivity contribution in [2.24, 2.45) is 17.8 Å². The van der Waals surface area contributed by atoms with E-state index in [0.29, 0.717) is 31.7 Å². The molecule has 30 heavy (non-hydrogen) atoms.